The number of methoxy groups -OCH3 is 1. The Kier molecular flexibility index (Phi) is 6.40. The maximum atomic E-state index is 14.5. The van der Waals surface area contributed by atoms with Gasteiger partial charge in [0, 0.05) is 18.8 Å². The number of fused-ring (bicyclic) bond motifs is 7. The van der Waals surface area contributed by atoms with Gasteiger partial charge in [0.15, 0.2) is 5.78 Å². The molecule has 4 fully saturated rings. The molecular weight excluding hydrogens is 492 g/mol. The van der Waals surface area contributed by atoms with Crippen LogP contribution in [-0.4, -0.2) is 42.1 Å². The lowest BCUT2D eigenvalue weighted by Crippen LogP contribution is -2.69. The van der Waals surface area contributed by atoms with Gasteiger partial charge in [-0.3, -0.25) is 14.4 Å². The zero-order valence-corrected chi connectivity index (χ0v) is 25.6. The zero-order valence-electron chi connectivity index (χ0n) is 25.6. The summed E-state index contributed by atoms with van der Waals surface area (Å²) >= 11 is 0. The molecule has 0 radical (unpaired) electrons. The lowest BCUT2D eigenvalue weighted by Gasteiger charge is -2.70. The monoisotopic (exact) mass is 542 g/mol. The second-order valence-electron chi connectivity index (χ2n) is 15.9. The number of ketones is 1. The van der Waals surface area contributed by atoms with Crippen molar-refractivity contribution >= 4 is 17.7 Å². The van der Waals surface area contributed by atoms with Crippen molar-refractivity contribution < 1.29 is 29.0 Å². The minimum absolute atomic E-state index is 0.0407. The van der Waals surface area contributed by atoms with Crippen LogP contribution in [0, 0.1) is 50.2 Å². The van der Waals surface area contributed by atoms with E-state index >= 15 is 0 Å². The van der Waals surface area contributed by atoms with Crippen molar-refractivity contribution in [3.8, 4) is 0 Å². The smallest absolute Gasteiger partial charge is 0.312 e. The summed E-state index contributed by atoms with van der Waals surface area (Å²) in [5.74, 6) is -0.790. The number of hydrogen-bond acceptors (Lipinski definition) is 6. The molecule has 0 aromatic rings. The Hall–Kier alpha value is -1.69. The first-order chi connectivity index (χ1) is 17.9. The number of carbonyl (C=O) groups is 3. The number of rotatable bonds is 2. The SMILES string of the molecule is COC(=O)[C@]12CCC(C)(C)C[C@H]1[C@H]1C(=O)C=C3[C@@]4(C)CCC(O)C(C)(C)[C@@H]4[C@H](OC(C)=O)C[C@@]3(C)[C@]1(C)CC2. The average Bonchev–Trinajstić information content (AvgIpc) is 2.82. The Bertz CT molecular complexity index is 1120. The normalized spacial score (nSPS) is 47.9. The van der Waals surface area contributed by atoms with Crippen LogP contribution in [-0.2, 0) is 23.9 Å². The molecule has 0 aromatic heterocycles. The van der Waals surface area contributed by atoms with E-state index in [2.05, 4.69) is 48.5 Å². The highest BCUT2D eigenvalue weighted by molar-refractivity contribution is 5.96. The van der Waals surface area contributed by atoms with Gasteiger partial charge in [-0.25, -0.2) is 0 Å². The summed E-state index contributed by atoms with van der Waals surface area (Å²) < 4.78 is 11.6. The van der Waals surface area contributed by atoms with Crippen molar-refractivity contribution in [2.75, 3.05) is 7.11 Å². The van der Waals surface area contributed by atoms with Crippen molar-refractivity contribution in [1.29, 1.82) is 0 Å². The lowest BCUT2D eigenvalue weighted by molar-refractivity contribution is -0.216. The molecule has 0 amide bonds. The third kappa shape index (κ3) is 3.71. The van der Waals surface area contributed by atoms with Gasteiger partial charge in [-0.2, -0.15) is 0 Å². The van der Waals surface area contributed by atoms with Crippen LogP contribution in [0.15, 0.2) is 11.6 Å². The molecule has 39 heavy (non-hydrogen) atoms. The highest BCUT2D eigenvalue weighted by Crippen LogP contribution is 2.75. The second-order valence-corrected chi connectivity index (χ2v) is 15.9. The number of esters is 2. The summed E-state index contributed by atoms with van der Waals surface area (Å²) in [6.07, 6.45) is 7.10. The predicted molar refractivity (Wildman–Crippen MR) is 148 cm³/mol. The fraction of sp³-hybridized carbons (Fsp3) is 0.848. The molecule has 0 bridgehead atoms. The Labute approximate surface area is 234 Å². The average molecular weight is 543 g/mol. The molecule has 0 aromatic carbocycles. The second kappa shape index (κ2) is 8.66. The van der Waals surface area contributed by atoms with Gasteiger partial charge in [-0.15, -0.1) is 0 Å². The Balaban J connectivity index is 1.70. The summed E-state index contributed by atoms with van der Waals surface area (Å²) in [6.45, 7) is 17.0. The van der Waals surface area contributed by atoms with Crippen molar-refractivity contribution in [1.82, 2.24) is 0 Å². The Morgan fingerprint density at radius 2 is 1.59 bits per heavy atom. The maximum Gasteiger partial charge on any atom is 0.312 e. The molecule has 1 unspecified atom stereocenters. The van der Waals surface area contributed by atoms with Crippen LogP contribution in [0.1, 0.15) is 107 Å². The number of allylic oxidation sites excluding steroid dienone is 2. The number of ether oxygens (including phenoxy) is 2. The molecule has 0 heterocycles. The highest BCUT2D eigenvalue weighted by atomic mass is 16.5. The van der Waals surface area contributed by atoms with Gasteiger partial charge in [0.25, 0.3) is 0 Å². The van der Waals surface area contributed by atoms with Gasteiger partial charge >= 0.3 is 11.9 Å². The van der Waals surface area contributed by atoms with E-state index in [1.165, 1.54) is 19.6 Å². The minimum Gasteiger partial charge on any atom is -0.469 e. The number of aliphatic hydroxyl groups is 1. The summed E-state index contributed by atoms with van der Waals surface area (Å²) in [5, 5.41) is 11.1. The van der Waals surface area contributed by atoms with Crippen molar-refractivity contribution in [3.05, 3.63) is 11.6 Å². The van der Waals surface area contributed by atoms with Gasteiger partial charge in [-0.1, -0.05) is 54.0 Å². The quantitative estimate of drug-likeness (QED) is 0.428. The number of carbonyl (C=O) groups excluding carboxylic acids is 3. The first kappa shape index (κ1) is 28.8. The fourth-order valence-electron chi connectivity index (χ4n) is 11.0. The highest BCUT2D eigenvalue weighted by Gasteiger charge is 2.72. The van der Waals surface area contributed by atoms with Crippen LogP contribution in [0.3, 0.4) is 0 Å². The first-order valence-corrected chi connectivity index (χ1v) is 15.1. The van der Waals surface area contributed by atoms with Gasteiger partial charge in [0.1, 0.15) is 6.10 Å². The molecule has 0 aliphatic heterocycles. The number of hydrogen-bond donors (Lipinski definition) is 1. The third-order valence-corrected chi connectivity index (χ3v) is 13.1. The van der Waals surface area contributed by atoms with Crippen LogP contribution >= 0.6 is 0 Å². The standard InChI is InChI=1S/C33H50O6/c1-19(34)39-22-18-32(8)23(30(6)11-10-24(36)29(4,5)26(22)30)16-21(35)25-20-17-28(2,3)12-14-33(20,27(37)38-9)15-13-31(25,32)7/h16,20,22,24-26,36H,10-15,17-18H2,1-9H3/t20-,22+,24?,25-,26-,30+,31+,32+,33-/m0/s1. The van der Waals surface area contributed by atoms with Crippen LogP contribution in [0.4, 0.5) is 0 Å². The molecule has 1 N–H and O–H groups in total. The van der Waals surface area contributed by atoms with Crippen molar-refractivity contribution in [2.45, 2.75) is 119 Å². The molecule has 6 heteroatoms. The molecule has 9 atom stereocenters. The third-order valence-electron chi connectivity index (χ3n) is 13.1. The van der Waals surface area contributed by atoms with E-state index in [9.17, 15) is 19.5 Å². The first-order valence-electron chi connectivity index (χ1n) is 15.1. The van der Waals surface area contributed by atoms with Crippen LogP contribution in [0.25, 0.3) is 0 Å². The van der Waals surface area contributed by atoms with E-state index in [0.717, 1.165) is 32.1 Å². The Morgan fingerprint density at radius 3 is 2.21 bits per heavy atom. The van der Waals surface area contributed by atoms with E-state index < -0.39 is 22.3 Å². The maximum absolute atomic E-state index is 14.5. The van der Waals surface area contributed by atoms with Crippen molar-refractivity contribution in [3.63, 3.8) is 0 Å². The van der Waals surface area contributed by atoms with Crippen LogP contribution in [0.2, 0.25) is 0 Å². The van der Waals surface area contributed by atoms with Gasteiger partial charge < -0.3 is 14.6 Å². The van der Waals surface area contributed by atoms with Crippen LogP contribution in [0.5, 0.6) is 0 Å². The zero-order chi connectivity index (χ0) is 29.0. The van der Waals surface area contributed by atoms with Crippen LogP contribution < -0.4 is 0 Å². The molecule has 5 aliphatic rings. The molecule has 5 aliphatic carbocycles. The summed E-state index contributed by atoms with van der Waals surface area (Å²) in [5.41, 5.74) is -1.06. The molecule has 4 saturated carbocycles. The topological polar surface area (TPSA) is 89.9 Å². The molecule has 218 valence electrons. The molecule has 6 nitrogen and oxygen atoms in total. The molecule has 5 rings (SSSR count). The summed E-state index contributed by atoms with van der Waals surface area (Å²) in [6, 6.07) is 0. The minimum atomic E-state index is -0.626. The van der Waals surface area contributed by atoms with Gasteiger partial charge in [-0.05, 0) is 90.4 Å². The van der Waals surface area contributed by atoms with E-state index in [0.29, 0.717) is 19.3 Å². The Morgan fingerprint density at radius 1 is 0.949 bits per heavy atom. The summed E-state index contributed by atoms with van der Waals surface area (Å²) in [7, 11) is 1.48. The lowest BCUT2D eigenvalue weighted by atomic mass is 9.33. The number of aliphatic hydroxyl groups excluding tert-OH is 1. The predicted octanol–water partition coefficient (Wildman–Crippen LogP) is 6.04. The molecule has 0 saturated heterocycles. The summed E-state index contributed by atoms with van der Waals surface area (Å²) in [4.78, 5) is 40.4. The van der Waals surface area contributed by atoms with Gasteiger partial charge in [0.05, 0.1) is 18.6 Å². The van der Waals surface area contributed by atoms with Gasteiger partial charge in [0.2, 0.25) is 0 Å². The van der Waals surface area contributed by atoms with E-state index in [1.807, 2.05) is 6.08 Å². The van der Waals surface area contributed by atoms with E-state index in [4.69, 9.17) is 9.47 Å². The van der Waals surface area contributed by atoms with E-state index in [-0.39, 0.29) is 57.8 Å². The fourth-order valence-corrected chi connectivity index (χ4v) is 11.0. The molecular formula is C33H50O6. The molecule has 0 spiro atoms. The van der Waals surface area contributed by atoms with Crippen molar-refractivity contribution in [2.24, 2.45) is 50.2 Å². The van der Waals surface area contributed by atoms with E-state index in [1.54, 1.807) is 0 Å². The largest absolute Gasteiger partial charge is 0.469 e.